The molecule has 3 nitrogen and oxygen atoms in total. The molecule has 1 aromatic carbocycles. The van der Waals surface area contributed by atoms with Gasteiger partial charge in [0.05, 0.1) is 10.4 Å². The van der Waals surface area contributed by atoms with Crippen LogP contribution in [-0.2, 0) is 5.41 Å². The zero-order chi connectivity index (χ0) is 11.9. The molecule has 0 saturated carbocycles. The average molecular weight is 259 g/mol. The summed E-state index contributed by atoms with van der Waals surface area (Å²) < 4.78 is 5.63. The number of oxazole rings is 1. The molecular weight excluding hydrogens is 247 g/mol. The molecule has 0 aliphatic heterocycles. The van der Waals surface area contributed by atoms with E-state index in [1.807, 2.05) is 13.8 Å². The number of hydrogen-bond acceptors (Lipinski definition) is 3. The highest BCUT2D eigenvalue weighted by Crippen LogP contribution is 2.32. The van der Waals surface area contributed by atoms with E-state index < -0.39 is 0 Å². The Hall–Kier alpha value is -0.770. The second-order valence-corrected chi connectivity index (χ2v) is 5.19. The molecule has 0 saturated heterocycles. The quantitative estimate of drug-likeness (QED) is 0.899. The number of fused-ring (bicyclic) bond motifs is 1. The van der Waals surface area contributed by atoms with E-state index in [9.17, 15) is 0 Å². The molecule has 0 aliphatic carbocycles. The normalized spacial score (nSPS) is 12.3. The first-order chi connectivity index (χ1) is 7.44. The summed E-state index contributed by atoms with van der Waals surface area (Å²) in [6.07, 6.45) is 0. The summed E-state index contributed by atoms with van der Waals surface area (Å²) in [5.41, 5.74) is 6.58. The van der Waals surface area contributed by atoms with Gasteiger partial charge in [0.2, 0.25) is 5.89 Å². The minimum Gasteiger partial charge on any atom is -0.438 e. The van der Waals surface area contributed by atoms with Crippen molar-refractivity contribution in [2.24, 2.45) is 5.73 Å². The summed E-state index contributed by atoms with van der Waals surface area (Å²) in [5, 5.41) is 1.01. The van der Waals surface area contributed by atoms with Gasteiger partial charge in [0.15, 0.2) is 5.58 Å². The Bertz CT molecular complexity index is 534. The second-order valence-electron chi connectivity index (χ2n) is 4.34. The third-order valence-corrected chi connectivity index (χ3v) is 3.00. The molecule has 0 aliphatic rings. The lowest BCUT2D eigenvalue weighted by Gasteiger charge is -2.16. The van der Waals surface area contributed by atoms with Crippen LogP contribution in [0.1, 0.15) is 19.7 Å². The minimum absolute atomic E-state index is 0.311. The Morgan fingerprint density at radius 1 is 1.38 bits per heavy atom. The zero-order valence-corrected chi connectivity index (χ0v) is 10.6. The van der Waals surface area contributed by atoms with Crippen LogP contribution in [0.3, 0.4) is 0 Å². The Morgan fingerprint density at radius 3 is 2.69 bits per heavy atom. The van der Waals surface area contributed by atoms with Crippen molar-refractivity contribution < 1.29 is 4.42 Å². The summed E-state index contributed by atoms with van der Waals surface area (Å²) in [6.45, 7) is 4.38. The first-order valence-corrected chi connectivity index (χ1v) is 5.66. The summed E-state index contributed by atoms with van der Waals surface area (Å²) in [4.78, 5) is 4.36. The summed E-state index contributed by atoms with van der Waals surface area (Å²) in [7, 11) is 0. The molecule has 0 spiro atoms. The van der Waals surface area contributed by atoms with Gasteiger partial charge in [-0.15, -0.1) is 0 Å². The van der Waals surface area contributed by atoms with Gasteiger partial charge in [0.25, 0.3) is 0 Å². The van der Waals surface area contributed by atoms with Crippen molar-refractivity contribution in [1.29, 1.82) is 0 Å². The number of aromatic nitrogens is 1. The van der Waals surface area contributed by atoms with Crippen molar-refractivity contribution in [1.82, 2.24) is 4.98 Å². The third kappa shape index (κ3) is 1.90. The van der Waals surface area contributed by atoms with Crippen molar-refractivity contribution in [3.05, 3.63) is 28.1 Å². The number of halogens is 2. The Morgan fingerprint density at radius 2 is 2.06 bits per heavy atom. The molecule has 16 heavy (non-hydrogen) atoms. The van der Waals surface area contributed by atoms with E-state index >= 15 is 0 Å². The van der Waals surface area contributed by atoms with Crippen molar-refractivity contribution in [3.63, 3.8) is 0 Å². The van der Waals surface area contributed by atoms with Crippen LogP contribution in [-0.4, -0.2) is 11.5 Å². The zero-order valence-electron chi connectivity index (χ0n) is 9.05. The van der Waals surface area contributed by atoms with Crippen LogP contribution >= 0.6 is 23.2 Å². The predicted octanol–water partition coefficient (Wildman–Crippen LogP) is 3.37. The van der Waals surface area contributed by atoms with Crippen LogP contribution in [0, 0.1) is 0 Å². The highest BCUT2D eigenvalue weighted by atomic mass is 35.5. The summed E-state index contributed by atoms with van der Waals surface area (Å²) >= 11 is 11.9. The lowest BCUT2D eigenvalue weighted by molar-refractivity contribution is 0.391. The fourth-order valence-electron chi connectivity index (χ4n) is 1.34. The smallest absolute Gasteiger partial charge is 0.202 e. The van der Waals surface area contributed by atoms with E-state index in [4.69, 9.17) is 33.4 Å². The molecule has 2 rings (SSSR count). The minimum atomic E-state index is -0.311. The van der Waals surface area contributed by atoms with Crippen LogP contribution < -0.4 is 5.73 Å². The molecule has 1 heterocycles. The van der Waals surface area contributed by atoms with Gasteiger partial charge < -0.3 is 10.2 Å². The van der Waals surface area contributed by atoms with Gasteiger partial charge in [0.1, 0.15) is 5.52 Å². The van der Waals surface area contributed by atoms with E-state index in [0.29, 0.717) is 33.6 Å². The molecule has 0 fully saturated rings. The molecule has 0 bridgehead atoms. The number of nitrogens with two attached hydrogens (primary N) is 1. The molecule has 2 N–H and O–H groups in total. The van der Waals surface area contributed by atoms with Gasteiger partial charge in [-0.2, -0.15) is 0 Å². The van der Waals surface area contributed by atoms with Crippen LogP contribution in [0.2, 0.25) is 10.0 Å². The first-order valence-electron chi connectivity index (χ1n) is 4.90. The predicted molar refractivity (Wildman–Crippen MR) is 66.1 cm³/mol. The molecule has 0 amide bonds. The van der Waals surface area contributed by atoms with Gasteiger partial charge in [-0.25, -0.2) is 4.98 Å². The SMILES string of the molecule is CC(C)(CN)c1nc2cc(Cl)cc(Cl)c2o1. The van der Waals surface area contributed by atoms with Crippen molar-refractivity contribution in [3.8, 4) is 0 Å². The van der Waals surface area contributed by atoms with Gasteiger partial charge in [-0.3, -0.25) is 0 Å². The van der Waals surface area contributed by atoms with Gasteiger partial charge >= 0.3 is 0 Å². The molecule has 0 atom stereocenters. The van der Waals surface area contributed by atoms with E-state index in [2.05, 4.69) is 4.98 Å². The van der Waals surface area contributed by atoms with Crippen LogP contribution in [0.25, 0.3) is 11.1 Å². The fraction of sp³-hybridized carbons (Fsp3) is 0.364. The van der Waals surface area contributed by atoms with Crippen LogP contribution in [0.15, 0.2) is 16.5 Å². The van der Waals surface area contributed by atoms with E-state index in [1.54, 1.807) is 12.1 Å². The molecule has 0 unspecified atom stereocenters. The molecule has 2 aromatic rings. The number of benzene rings is 1. The monoisotopic (exact) mass is 258 g/mol. The Labute approximate surface area is 104 Å². The van der Waals surface area contributed by atoms with Gasteiger partial charge in [-0.05, 0) is 26.0 Å². The molecule has 1 aromatic heterocycles. The Kier molecular flexibility index (Phi) is 2.86. The fourth-order valence-corrected chi connectivity index (χ4v) is 1.86. The van der Waals surface area contributed by atoms with Gasteiger partial charge in [-0.1, -0.05) is 23.2 Å². The average Bonchev–Trinajstić information content (AvgIpc) is 2.62. The lowest BCUT2D eigenvalue weighted by atomic mass is 9.94. The molecule has 5 heteroatoms. The topological polar surface area (TPSA) is 52.0 Å². The highest BCUT2D eigenvalue weighted by Gasteiger charge is 2.25. The number of rotatable bonds is 2. The van der Waals surface area contributed by atoms with E-state index in [0.717, 1.165) is 0 Å². The number of nitrogens with zero attached hydrogens (tertiary/aromatic N) is 1. The maximum absolute atomic E-state index is 6.02. The lowest BCUT2D eigenvalue weighted by Crippen LogP contribution is -2.28. The van der Waals surface area contributed by atoms with E-state index in [1.165, 1.54) is 0 Å². The second kappa shape index (κ2) is 3.91. The van der Waals surface area contributed by atoms with Gasteiger partial charge in [0, 0.05) is 11.6 Å². The first kappa shape index (κ1) is 11.7. The van der Waals surface area contributed by atoms with E-state index in [-0.39, 0.29) is 5.41 Å². The van der Waals surface area contributed by atoms with Crippen molar-refractivity contribution in [2.45, 2.75) is 19.3 Å². The standard InChI is InChI=1S/C11H12Cl2N2O/c1-11(2,5-14)10-15-8-4-6(12)3-7(13)9(8)16-10/h3-4H,5,14H2,1-2H3. The largest absolute Gasteiger partial charge is 0.438 e. The molecule has 86 valence electrons. The highest BCUT2D eigenvalue weighted by molar-refractivity contribution is 6.37. The summed E-state index contributed by atoms with van der Waals surface area (Å²) in [5.74, 6) is 0.578. The van der Waals surface area contributed by atoms with Crippen LogP contribution in [0.5, 0.6) is 0 Å². The maximum Gasteiger partial charge on any atom is 0.202 e. The van der Waals surface area contributed by atoms with Crippen LogP contribution in [0.4, 0.5) is 0 Å². The molecular formula is C11H12Cl2N2O. The maximum atomic E-state index is 6.02. The molecule has 0 radical (unpaired) electrons. The van der Waals surface area contributed by atoms with Crippen molar-refractivity contribution in [2.75, 3.05) is 6.54 Å². The third-order valence-electron chi connectivity index (χ3n) is 2.50. The summed E-state index contributed by atoms with van der Waals surface area (Å²) in [6, 6.07) is 3.36. The Balaban J connectivity index is 2.65. The van der Waals surface area contributed by atoms with Crippen molar-refractivity contribution >= 4 is 34.3 Å². The number of hydrogen-bond donors (Lipinski definition) is 1.